The quantitative estimate of drug-likeness (QED) is 0.562. The molecule has 0 saturated carbocycles. The number of carbonyl (C=O) groups is 1. The van der Waals surface area contributed by atoms with Crippen molar-refractivity contribution in [2.24, 2.45) is 0 Å². The third-order valence-electron chi connectivity index (χ3n) is 4.09. The fraction of sp³-hybridized carbons (Fsp3) is 0.190. The monoisotopic (exact) mass is 401 g/mol. The predicted molar refractivity (Wildman–Crippen MR) is 102 cm³/mol. The molecule has 0 N–H and O–H groups in total. The number of halogens is 3. The zero-order valence-electron chi connectivity index (χ0n) is 15.6. The third-order valence-corrected chi connectivity index (χ3v) is 4.09. The lowest BCUT2D eigenvalue weighted by Gasteiger charge is -2.06. The fourth-order valence-corrected chi connectivity index (χ4v) is 2.66. The number of esters is 1. The van der Waals surface area contributed by atoms with Crippen LogP contribution in [0.1, 0.15) is 39.8 Å². The Kier molecular flexibility index (Phi) is 6.11. The van der Waals surface area contributed by atoms with Crippen molar-refractivity contribution in [3.8, 4) is 0 Å². The van der Waals surface area contributed by atoms with Gasteiger partial charge in [-0.15, -0.1) is 5.10 Å². The van der Waals surface area contributed by atoms with Crippen LogP contribution in [0.15, 0.2) is 54.6 Å². The number of ether oxygens (including phenoxy) is 1. The number of benzene rings is 2. The van der Waals surface area contributed by atoms with Gasteiger partial charge in [0.25, 0.3) is 0 Å². The summed E-state index contributed by atoms with van der Waals surface area (Å²) in [5.41, 5.74) is 1.23. The van der Waals surface area contributed by atoms with Crippen molar-refractivity contribution in [3.05, 3.63) is 82.7 Å². The van der Waals surface area contributed by atoms with Gasteiger partial charge in [0, 0.05) is 0 Å². The summed E-state index contributed by atoms with van der Waals surface area (Å²) >= 11 is 0. The van der Waals surface area contributed by atoms with Gasteiger partial charge in [-0.3, -0.25) is 0 Å². The van der Waals surface area contributed by atoms with E-state index in [0.29, 0.717) is 17.8 Å². The van der Waals surface area contributed by atoms with Crippen LogP contribution >= 0.6 is 0 Å². The van der Waals surface area contributed by atoms with Crippen LogP contribution in [-0.2, 0) is 17.5 Å². The summed E-state index contributed by atoms with van der Waals surface area (Å²) in [6.07, 6.45) is -1.20. The first-order chi connectivity index (χ1) is 13.9. The smallest absolute Gasteiger partial charge is 0.416 e. The summed E-state index contributed by atoms with van der Waals surface area (Å²) in [6.45, 7) is 2.25. The number of hydrogen-bond donors (Lipinski definition) is 0. The molecule has 0 fully saturated rings. The van der Waals surface area contributed by atoms with Crippen molar-refractivity contribution in [2.45, 2.75) is 19.6 Å². The van der Waals surface area contributed by atoms with E-state index in [-0.39, 0.29) is 12.3 Å². The van der Waals surface area contributed by atoms with E-state index >= 15 is 0 Å². The summed E-state index contributed by atoms with van der Waals surface area (Å²) in [7, 11) is 0. The topological polar surface area (TPSA) is 57.0 Å². The maximum Gasteiger partial charge on any atom is 0.416 e. The Morgan fingerprint density at radius 1 is 1.07 bits per heavy atom. The van der Waals surface area contributed by atoms with Gasteiger partial charge in [-0.05, 0) is 36.3 Å². The zero-order valence-corrected chi connectivity index (χ0v) is 15.6. The van der Waals surface area contributed by atoms with Gasteiger partial charge in [0.2, 0.25) is 0 Å². The average Bonchev–Trinajstić information content (AvgIpc) is 3.09. The number of nitrogens with zero attached hydrogens (tertiary/aromatic N) is 3. The molecule has 0 unspecified atom stereocenters. The van der Waals surface area contributed by atoms with E-state index in [2.05, 4.69) is 10.3 Å². The van der Waals surface area contributed by atoms with Crippen molar-refractivity contribution in [2.75, 3.05) is 6.61 Å². The molecule has 0 bridgehead atoms. The van der Waals surface area contributed by atoms with Crippen LogP contribution in [0.5, 0.6) is 0 Å². The zero-order chi connectivity index (χ0) is 20.9. The molecule has 2 aromatic carbocycles. The van der Waals surface area contributed by atoms with Gasteiger partial charge in [-0.2, -0.15) is 13.2 Å². The lowest BCUT2D eigenvalue weighted by molar-refractivity contribution is -0.137. The largest absolute Gasteiger partial charge is 0.461 e. The van der Waals surface area contributed by atoms with Crippen molar-refractivity contribution >= 4 is 18.1 Å². The molecule has 8 heteroatoms. The summed E-state index contributed by atoms with van der Waals surface area (Å²) in [4.78, 5) is 12.2. The number of rotatable bonds is 6. The molecule has 0 amide bonds. The minimum atomic E-state index is -4.39. The van der Waals surface area contributed by atoms with E-state index < -0.39 is 17.7 Å². The second-order valence-corrected chi connectivity index (χ2v) is 6.14. The average molecular weight is 401 g/mol. The minimum absolute atomic E-state index is 0.0472. The van der Waals surface area contributed by atoms with Gasteiger partial charge in [0.15, 0.2) is 5.69 Å². The SMILES string of the molecule is CCOC(=O)c1nnn(Cc2ccccc2)c1/C=C/c1ccc(C(F)(F)F)cc1. The van der Waals surface area contributed by atoms with Crippen LogP contribution in [0.25, 0.3) is 12.2 Å². The summed E-state index contributed by atoms with van der Waals surface area (Å²) in [5, 5.41) is 7.97. The lowest BCUT2D eigenvalue weighted by Crippen LogP contribution is -2.09. The Hall–Kier alpha value is -3.42. The molecule has 0 radical (unpaired) electrons. The van der Waals surface area contributed by atoms with E-state index in [1.54, 1.807) is 23.8 Å². The second kappa shape index (κ2) is 8.72. The standard InChI is InChI=1S/C21H18F3N3O2/c1-2-29-20(28)19-18(27(26-25-19)14-16-6-4-3-5-7-16)13-10-15-8-11-17(12-9-15)21(22,23)24/h3-13H,2,14H2,1H3/b13-10+. The molecule has 0 spiro atoms. The highest BCUT2D eigenvalue weighted by atomic mass is 19.4. The van der Waals surface area contributed by atoms with Crippen LogP contribution in [0.4, 0.5) is 13.2 Å². The highest BCUT2D eigenvalue weighted by molar-refractivity contribution is 5.92. The Balaban J connectivity index is 1.91. The van der Waals surface area contributed by atoms with Crippen molar-refractivity contribution < 1.29 is 22.7 Å². The maximum atomic E-state index is 12.7. The molecule has 5 nitrogen and oxygen atoms in total. The number of alkyl halides is 3. The maximum absolute atomic E-state index is 12.7. The first-order valence-electron chi connectivity index (χ1n) is 8.88. The molecule has 150 valence electrons. The van der Waals surface area contributed by atoms with E-state index in [1.807, 2.05) is 30.3 Å². The number of aromatic nitrogens is 3. The fourth-order valence-electron chi connectivity index (χ4n) is 2.66. The van der Waals surface area contributed by atoms with Crippen molar-refractivity contribution in [1.29, 1.82) is 0 Å². The van der Waals surface area contributed by atoms with Gasteiger partial charge in [-0.1, -0.05) is 53.8 Å². The summed E-state index contributed by atoms with van der Waals surface area (Å²) in [6, 6.07) is 14.2. The van der Waals surface area contributed by atoms with Gasteiger partial charge in [0.05, 0.1) is 24.4 Å². The molecule has 0 atom stereocenters. The van der Waals surface area contributed by atoms with Crippen LogP contribution in [0.3, 0.4) is 0 Å². The van der Waals surface area contributed by atoms with E-state index in [1.165, 1.54) is 12.1 Å². The number of carbonyl (C=O) groups excluding carboxylic acids is 1. The second-order valence-electron chi connectivity index (χ2n) is 6.14. The van der Waals surface area contributed by atoms with Gasteiger partial charge < -0.3 is 4.74 Å². The third kappa shape index (κ3) is 5.10. The minimum Gasteiger partial charge on any atom is -0.461 e. The molecule has 0 aliphatic carbocycles. The van der Waals surface area contributed by atoms with Gasteiger partial charge >= 0.3 is 12.1 Å². The Morgan fingerprint density at radius 3 is 2.38 bits per heavy atom. The molecule has 0 aliphatic heterocycles. The molecule has 29 heavy (non-hydrogen) atoms. The number of hydrogen-bond acceptors (Lipinski definition) is 4. The Morgan fingerprint density at radius 2 is 1.76 bits per heavy atom. The molecule has 0 saturated heterocycles. The van der Waals surface area contributed by atoms with Crippen LogP contribution in [-0.4, -0.2) is 27.6 Å². The van der Waals surface area contributed by atoms with Gasteiger partial charge in [-0.25, -0.2) is 9.48 Å². The van der Waals surface area contributed by atoms with E-state index in [0.717, 1.165) is 17.7 Å². The lowest BCUT2D eigenvalue weighted by atomic mass is 10.1. The molecule has 0 aliphatic rings. The summed E-state index contributed by atoms with van der Waals surface area (Å²) in [5.74, 6) is -0.612. The Bertz CT molecular complexity index is 994. The summed E-state index contributed by atoms with van der Waals surface area (Å²) < 4.78 is 44.7. The molecule has 1 heterocycles. The van der Waals surface area contributed by atoms with Crippen LogP contribution < -0.4 is 0 Å². The van der Waals surface area contributed by atoms with Crippen LogP contribution in [0.2, 0.25) is 0 Å². The molecule has 1 aromatic heterocycles. The molecule has 3 rings (SSSR count). The first-order valence-corrected chi connectivity index (χ1v) is 8.88. The molecular weight excluding hydrogens is 383 g/mol. The normalized spacial score (nSPS) is 11.7. The highest BCUT2D eigenvalue weighted by Gasteiger charge is 2.29. The molecule has 3 aromatic rings. The molecular formula is C21H18F3N3O2. The van der Waals surface area contributed by atoms with Crippen molar-refractivity contribution in [1.82, 2.24) is 15.0 Å². The first kappa shape index (κ1) is 20.3. The highest BCUT2D eigenvalue weighted by Crippen LogP contribution is 2.29. The van der Waals surface area contributed by atoms with E-state index in [9.17, 15) is 18.0 Å². The van der Waals surface area contributed by atoms with Gasteiger partial charge in [0.1, 0.15) is 0 Å². The van der Waals surface area contributed by atoms with Crippen molar-refractivity contribution in [3.63, 3.8) is 0 Å². The van der Waals surface area contributed by atoms with Crippen LogP contribution in [0, 0.1) is 0 Å². The van der Waals surface area contributed by atoms with E-state index in [4.69, 9.17) is 4.74 Å². The predicted octanol–water partition coefficient (Wildman–Crippen LogP) is 4.69. The Labute approximate surface area is 165 Å².